The maximum absolute atomic E-state index is 7.44. The van der Waals surface area contributed by atoms with Gasteiger partial charge in [-0.3, -0.25) is 0 Å². The molecule has 10 aromatic carbocycles. The molecule has 67 heavy (non-hydrogen) atoms. The molecule has 1 unspecified atom stereocenters. The lowest BCUT2D eigenvalue weighted by atomic mass is 9.82. The number of ether oxygens (including phenoxy) is 1. The van der Waals surface area contributed by atoms with Gasteiger partial charge in [0.1, 0.15) is 11.5 Å². The van der Waals surface area contributed by atoms with E-state index in [2.05, 4.69) is 268 Å². The van der Waals surface area contributed by atoms with Crippen molar-refractivity contribution in [1.82, 2.24) is 0 Å². The summed E-state index contributed by atoms with van der Waals surface area (Å²) < 4.78 is 7.44. The van der Waals surface area contributed by atoms with Crippen molar-refractivity contribution >= 4 is 40.7 Å². The molecular formula is C64H49NOSi. The van der Waals surface area contributed by atoms with Crippen molar-refractivity contribution in [2.24, 2.45) is 0 Å². The fourth-order valence-corrected chi connectivity index (χ4v) is 14.7. The molecule has 0 N–H and O–H groups in total. The normalized spacial score (nSPS) is 15.1. The summed E-state index contributed by atoms with van der Waals surface area (Å²) in [6.45, 7) is 7.21. The topological polar surface area (TPSA) is 12.5 Å². The number of hydrogen-bond donors (Lipinski definition) is 0. The van der Waals surface area contributed by atoms with Crippen molar-refractivity contribution in [2.75, 3.05) is 4.90 Å². The third-order valence-corrected chi connectivity index (χ3v) is 18.9. The highest BCUT2D eigenvalue weighted by Gasteiger charge is 2.47. The second-order valence-electron chi connectivity index (χ2n) is 18.6. The van der Waals surface area contributed by atoms with Crippen LogP contribution < -0.4 is 25.2 Å². The molecule has 3 heteroatoms. The molecule has 0 bridgehead atoms. The number of benzene rings is 10. The summed E-state index contributed by atoms with van der Waals surface area (Å²) in [7, 11) is -2.56. The van der Waals surface area contributed by atoms with Gasteiger partial charge in [-0.15, -0.1) is 0 Å². The summed E-state index contributed by atoms with van der Waals surface area (Å²) in [4.78, 5) is 2.36. The second kappa shape index (κ2) is 16.2. The lowest BCUT2D eigenvalue weighted by Gasteiger charge is -2.38. The Balaban J connectivity index is 0.956. The summed E-state index contributed by atoms with van der Waals surface area (Å²) >= 11 is 0. The first-order chi connectivity index (χ1) is 32.9. The van der Waals surface area contributed by atoms with E-state index in [9.17, 15) is 0 Å². The van der Waals surface area contributed by atoms with Crippen molar-refractivity contribution in [1.29, 1.82) is 0 Å². The van der Waals surface area contributed by atoms with E-state index in [1.807, 2.05) is 0 Å². The Morgan fingerprint density at radius 1 is 0.358 bits per heavy atom. The van der Waals surface area contributed by atoms with Crippen molar-refractivity contribution in [2.45, 2.75) is 25.8 Å². The molecule has 1 atom stereocenters. The molecule has 1 aliphatic carbocycles. The minimum Gasteiger partial charge on any atom is -0.456 e. The van der Waals surface area contributed by atoms with E-state index < -0.39 is 8.07 Å². The highest BCUT2D eigenvalue weighted by atomic mass is 28.3. The van der Waals surface area contributed by atoms with Crippen LogP contribution >= 0.6 is 0 Å². The Morgan fingerprint density at radius 3 is 1.42 bits per heavy atom. The first-order valence-electron chi connectivity index (χ1n) is 23.3. The number of para-hydroxylation sites is 1. The van der Waals surface area contributed by atoms with Crippen LogP contribution in [0.4, 0.5) is 17.1 Å². The van der Waals surface area contributed by atoms with Crippen LogP contribution in [-0.2, 0) is 5.41 Å². The Hall–Kier alpha value is -7.98. The highest BCUT2D eigenvalue weighted by molar-refractivity contribution is 7.12. The van der Waals surface area contributed by atoms with Gasteiger partial charge in [0, 0.05) is 33.6 Å². The Kier molecular flexibility index (Phi) is 9.78. The smallest absolute Gasteiger partial charge is 0.155 e. The van der Waals surface area contributed by atoms with Gasteiger partial charge in [-0.1, -0.05) is 221 Å². The first kappa shape index (κ1) is 40.5. The Labute approximate surface area is 395 Å². The van der Waals surface area contributed by atoms with E-state index in [1.54, 1.807) is 0 Å². The molecule has 0 fully saturated rings. The average molecular weight is 876 g/mol. The van der Waals surface area contributed by atoms with E-state index >= 15 is 0 Å². The predicted molar refractivity (Wildman–Crippen MR) is 284 cm³/mol. The van der Waals surface area contributed by atoms with Crippen LogP contribution in [0.3, 0.4) is 0 Å². The van der Waals surface area contributed by atoms with Crippen LogP contribution in [0, 0.1) is 0 Å². The molecule has 0 spiro atoms. The largest absolute Gasteiger partial charge is 0.456 e. The van der Waals surface area contributed by atoms with E-state index in [1.165, 1.54) is 71.2 Å². The van der Waals surface area contributed by atoms with Crippen molar-refractivity contribution < 1.29 is 4.74 Å². The number of fused-ring (bicyclic) bond motifs is 6. The third kappa shape index (κ3) is 6.77. The van der Waals surface area contributed by atoms with Crippen LogP contribution in [0.2, 0.25) is 6.55 Å². The van der Waals surface area contributed by atoms with E-state index in [-0.39, 0.29) is 5.41 Å². The van der Waals surface area contributed by atoms with Crippen molar-refractivity contribution in [3.8, 4) is 67.1 Å². The maximum atomic E-state index is 7.44. The number of nitrogens with zero attached hydrogens (tertiary/aromatic N) is 1. The number of hydrogen-bond acceptors (Lipinski definition) is 2. The molecule has 1 heterocycles. The maximum Gasteiger partial charge on any atom is 0.155 e. The van der Waals surface area contributed by atoms with Crippen LogP contribution in [0.15, 0.2) is 243 Å². The fraction of sp³-hybridized carbons (Fsp3) is 0.0625. The molecule has 1 aliphatic heterocycles. The summed E-state index contributed by atoms with van der Waals surface area (Å²) in [6, 6.07) is 88.6. The molecule has 2 nitrogen and oxygen atoms in total. The highest BCUT2D eigenvalue weighted by Crippen LogP contribution is 2.54. The molecule has 0 saturated heterocycles. The van der Waals surface area contributed by atoms with Gasteiger partial charge in [-0.05, 0) is 114 Å². The standard InChI is InChI=1S/C64H49NOSi/c1-64(2)57-27-14-13-25-56(57)61-58(64)41-42-60-63(61)66-62-55(26-16-28-59(62)67(60,3)54-23-11-6-12-24-54)48-33-39-53(40-34-48)65(51-35-29-46(30-36-51)44-17-7-4-8-18-44)52-37-31-47(32-38-52)50-22-15-21-49(43-50)45-19-9-5-10-20-45/h4-43H,1-3H3. The van der Waals surface area contributed by atoms with Gasteiger partial charge in [0.25, 0.3) is 0 Å². The van der Waals surface area contributed by atoms with Gasteiger partial charge in [-0.25, -0.2) is 0 Å². The third-order valence-electron chi connectivity index (χ3n) is 14.4. The lowest BCUT2D eigenvalue weighted by molar-refractivity contribution is 0.489. The SMILES string of the molecule is CC1(C)c2ccccc2-c2c1ccc1c2Oc2c(-c3ccc(N(c4ccc(-c5ccccc5)cc4)c4ccc(-c5cccc(-c6ccccc6)c5)cc4)cc3)cccc2[Si]1(C)c1ccccc1. The summed E-state index contributed by atoms with van der Waals surface area (Å²) in [6.07, 6.45) is 0. The van der Waals surface area contributed by atoms with Crippen LogP contribution in [0.25, 0.3) is 55.6 Å². The van der Waals surface area contributed by atoms with Gasteiger partial charge in [0.2, 0.25) is 0 Å². The second-order valence-corrected chi connectivity index (χ2v) is 22.5. The quantitative estimate of drug-likeness (QED) is 0.141. The zero-order chi connectivity index (χ0) is 45.1. The van der Waals surface area contributed by atoms with Crippen LogP contribution in [0.5, 0.6) is 11.5 Å². The minimum atomic E-state index is -2.56. The van der Waals surface area contributed by atoms with Crippen molar-refractivity contribution in [3.63, 3.8) is 0 Å². The summed E-state index contributed by atoms with van der Waals surface area (Å²) in [5.74, 6) is 1.99. The molecule has 2 aliphatic rings. The number of rotatable bonds is 8. The van der Waals surface area contributed by atoms with Gasteiger partial charge in [0.05, 0.1) is 0 Å². The molecule has 10 aromatic rings. The molecule has 0 saturated carbocycles. The Morgan fingerprint density at radius 2 is 0.806 bits per heavy atom. The first-order valence-corrected chi connectivity index (χ1v) is 25.8. The molecular weight excluding hydrogens is 827 g/mol. The predicted octanol–water partition coefficient (Wildman–Crippen LogP) is 15.3. The minimum absolute atomic E-state index is 0.133. The number of anilines is 3. The van der Waals surface area contributed by atoms with Crippen LogP contribution in [-0.4, -0.2) is 8.07 Å². The fourth-order valence-electron chi connectivity index (χ4n) is 10.8. The van der Waals surface area contributed by atoms with Crippen molar-refractivity contribution in [3.05, 3.63) is 254 Å². The lowest BCUT2D eigenvalue weighted by Crippen LogP contribution is -2.66. The van der Waals surface area contributed by atoms with Gasteiger partial charge in [-0.2, -0.15) is 0 Å². The molecule has 0 amide bonds. The van der Waals surface area contributed by atoms with E-state index in [4.69, 9.17) is 4.74 Å². The molecule has 320 valence electrons. The van der Waals surface area contributed by atoms with E-state index in [0.29, 0.717) is 0 Å². The van der Waals surface area contributed by atoms with Crippen LogP contribution in [0.1, 0.15) is 25.0 Å². The van der Waals surface area contributed by atoms with Gasteiger partial charge < -0.3 is 9.64 Å². The monoisotopic (exact) mass is 875 g/mol. The molecule has 12 rings (SSSR count). The average Bonchev–Trinajstić information content (AvgIpc) is 3.63. The molecule has 0 aromatic heterocycles. The summed E-state index contributed by atoms with van der Waals surface area (Å²) in [5.41, 5.74) is 17.7. The summed E-state index contributed by atoms with van der Waals surface area (Å²) in [5, 5.41) is 4.00. The van der Waals surface area contributed by atoms with E-state index in [0.717, 1.165) is 39.7 Å². The van der Waals surface area contributed by atoms with Gasteiger partial charge >= 0.3 is 0 Å². The van der Waals surface area contributed by atoms with Gasteiger partial charge in [0.15, 0.2) is 8.07 Å². The zero-order valence-electron chi connectivity index (χ0n) is 37.9. The molecule has 0 radical (unpaired) electrons. The zero-order valence-corrected chi connectivity index (χ0v) is 38.9. The Bertz CT molecular complexity index is 3440.